The molecular weight excluding hydrogens is 906 g/mol. The molecule has 1 aliphatic carbocycles. The lowest BCUT2D eigenvalue weighted by Crippen LogP contribution is -2.61. The van der Waals surface area contributed by atoms with Crippen molar-refractivity contribution in [1.29, 1.82) is 0 Å². The molecule has 0 radical (unpaired) electrons. The van der Waals surface area contributed by atoms with E-state index in [9.17, 15) is 38.8 Å². The number of ketones is 3. The third-order valence-corrected chi connectivity index (χ3v) is 15.6. The molecule has 3 aliphatic heterocycles. The molecule has 4 aliphatic rings. The highest BCUT2D eigenvalue weighted by Crippen LogP contribution is 2.45. The van der Waals surface area contributed by atoms with Gasteiger partial charge in [-0.2, -0.15) is 0 Å². The van der Waals surface area contributed by atoms with E-state index < -0.39 is 85.1 Å². The van der Waals surface area contributed by atoms with E-state index in [1.165, 1.54) is 12.0 Å². The van der Waals surface area contributed by atoms with Gasteiger partial charge in [0.2, 0.25) is 5.79 Å². The van der Waals surface area contributed by atoms with E-state index in [1.54, 1.807) is 54.4 Å². The highest BCUT2D eigenvalue weighted by Gasteiger charge is 2.53. The minimum Gasteiger partial charge on any atom is -0.460 e. The summed E-state index contributed by atoms with van der Waals surface area (Å²) < 4.78 is 48.2. The molecule has 4 rings (SSSR count). The van der Waals surface area contributed by atoms with Crippen molar-refractivity contribution in [1.82, 2.24) is 4.90 Å². The molecule has 2 saturated heterocycles. The van der Waals surface area contributed by atoms with Gasteiger partial charge in [0.05, 0.1) is 30.5 Å². The molecule has 16 heteroatoms. The monoisotopic (exact) mass is 990 g/mol. The first-order chi connectivity index (χ1) is 32.4. The first-order valence-electron chi connectivity index (χ1n) is 25.2. The number of allylic oxidation sites excluding steroid dienone is 6. The van der Waals surface area contributed by atoms with Crippen LogP contribution in [0.1, 0.15) is 126 Å². The van der Waals surface area contributed by atoms with E-state index in [4.69, 9.17) is 28.2 Å². The van der Waals surface area contributed by atoms with Gasteiger partial charge in [-0.15, -0.1) is 0 Å². The Balaban J connectivity index is 1.70. The Hall–Kier alpha value is -3.14. The molecule has 15 atom stereocenters. The van der Waals surface area contributed by atoms with Crippen LogP contribution in [0, 0.1) is 35.5 Å². The summed E-state index contributed by atoms with van der Waals surface area (Å²) in [5.41, 5.74) is 1.18. The number of rotatable bonds is 8. The summed E-state index contributed by atoms with van der Waals surface area (Å²) in [4.78, 5) is 72.2. The van der Waals surface area contributed by atoms with Gasteiger partial charge >= 0.3 is 5.97 Å². The van der Waals surface area contributed by atoms with Crippen molar-refractivity contribution < 1.29 is 67.0 Å². The van der Waals surface area contributed by atoms with Crippen LogP contribution in [0.2, 0.25) is 0 Å². The fourth-order valence-electron chi connectivity index (χ4n) is 10.6. The number of carbonyl (C=O) groups is 5. The molecule has 0 aromatic carbocycles. The summed E-state index contributed by atoms with van der Waals surface area (Å²) in [5, 5.41) is 23.5. The number of aliphatic hydroxyl groups is 2. The number of esters is 1. The number of fused-ring (bicyclic) bond motifs is 3. The van der Waals surface area contributed by atoms with Crippen molar-refractivity contribution in [3.8, 4) is 0 Å². The second-order valence-corrected chi connectivity index (χ2v) is 23.6. The number of cyclic esters (lactones) is 1. The van der Waals surface area contributed by atoms with Crippen LogP contribution in [0.25, 0.3) is 0 Å². The molecule has 1 amide bonds. The van der Waals surface area contributed by atoms with Crippen LogP contribution in [-0.4, -0.2) is 140 Å². The molecule has 0 aromatic heterocycles. The molecule has 0 spiro atoms. The predicted molar refractivity (Wildman–Crippen MR) is 263 cm³/mol. The van der Waals surface area contributed by atoms with Crippen LogP contribution in [0.5, 0.6) is 0 Å². The Labute approximate surface area is 411 Å². The Morgan fingerprint density at radius 3 is 2.23 bits per heavy atom. The van der Waals surface area contributed by atoms with Crippen LogP contribution >= 0.6 is 7.37 Å². The summed E-state index contributed by atoms with van der Waals surface area (Å²) in [6.45, 7) is 15.9. The van der Waals surface area contributed by atoms with E-state index >= 15 is 0 Å². The van der Waals surface area contributed by atoms with Gasteiger partial charge in [0.1, 0.15) is 18.2 Å². The lowest BCUT2D eigenvalue weighted by atomic mass is 9.78. The minimum atomic E-state index is -2.79. The van der Waals surface area contributed by atoms with Crippen molar-refractivity contribution in [2.24, 2.45) is 35.5 Å². The highest BCUT2D eigenvalue weighted by atomic mass is 31.2. The van der Waals surface area contributed by atoms with Gasteiger partial charge in [-0.1, -0.05) is 71.1 Å². The van der Waals surface area contributed by atoms with Crippen molar-refractivity contribution in [2.75, 3.05) is 41.2 Å². The van der Waals surface area contributed by atoms with Crippen LogP contribution in [-0.2, 0) is 56.7 Å². The van der Waals surface area contributed by atoms with Gasteiger partial charge in [-0.3, -0.25) is 23.7 Å². The zero-order chi connectivity index (χ0) is 51.4. The van der Waals surface area contributed by atoms with Crippen molar-refractivity contribution in [3.63, 3.8) is 0 Å². The van der Waals surface area contributed by atoms with Gasteiger partial charge in [0.25, 0.3) is 11.7 Å². The number of piperidine rings is 1. The molecule has 2 bridgehead atoms. The first kappa shape index (κ1) is 58.4. The smallest absolute Gasteiger partial charge is 0.329 e. The Bertz CT molecular complexity index is 1940. The second-order valence-electron chi connectivity index (χ2n) is 20.9. The first-order valence-corrected chi connectivity index (χ1v) is 27.7. The van der Waals surface area contributed by atoms with E-state index in [2.05, 4.69) is 0 Å². The maximum Gasteiger partial charge on any atom is 0.329 e. The Morgan fingerprint density at radius 1 is 0.870 bits per heavy atom. The SMILES string of the molecule is CO[C@H]1CC2CC[C@@H](C)C(O)(O2)C(=O)C(=O)N2CCCCC2C(=O)O[C@H]([C@H](C)C[C@@H]2CC[C@@H](OP(C)(C)=O)[C@H](OC)C2)CC(=O)C(C)=CC(C)[C@@H](O)[C@@H](OC)C(=O)[C@H](C)C[C@H](C)C=CC=CC=C1C. The van der Waals surface area contributed by atoms with E-state index in [-0.39, 0.29) is 60.9 Å². The molecular formula is C53H84NO14P. The quantitative estimate of drug-likeness (QED) is 0.136. The Kier molecular flexibility index (Phi) is 22.5. The fourth-order valence-corrected chi connectivity index (χ4v) is 11.5. The van der Waals surface area contributed by atoms with Crippen LogP contribution < -0.4 is 0 Å². The fraction of sp³-hybridized carbons (Fsp3) is 0.755. The zero-order valence-corrected chi connectivity index (χ0v) is 44.3. The number of carbonyl (C=O) groups excluding carboxylic acids is 5. The minimum absolute atomic E-state index is 0.0144. The topological polar surface area (TPSA) is 201 Å². The molecule has 4 unspecified atom stereocenters. The number of methoxy groups -OCH3 is 3. The van der Waals surface area contributed by atoms with Crippen LogP contribution in [0.4, 0.5) is 0 Å². The van der Waals surface area contributed by atoms with E-state index in [1.807, 2.05) is 58.1 Å². The number of hydrogen-bond acceptors (Lipinski definition) is 14. The molecule has 69 heavy (non-hydrogen) atoms. The summed E-state index contributed by atoms with van der Waals surface area (Å²) in [6.07, 6.45) is 11.4. The third-order valence-electron chi connectivity index (χ3n) is 14.9. The van der Waals surface area contributed by atoms with E-state index in [0.29, 0.717) is 63.4 Å². The average Bonchev–Trinajstić information content (AvgIpc) is 3.30. The number of ether oxygens (including phenoxy) is 5. The average molecular weight is 990 g/mol. The second kappa shape index (κ2) is 26.5. The van der Waals surface area contributed by atoms with Crippen LogP contribution in [0.15, 0.2) is 47.6 Å². The van der Waals surface area contributed by atoms with Gasteiger partial charge in [0.15, 0.2) is 18.9 Å². The highest BCUT2D eigenvalue weighted by molar-refractivity contribution is 7.57. The number of Topliss-reactive ketones (excluding diaryl/α,β-unsaturated/α-hetero) is 3. The zero-order valence-electron chi connectivity index (χ0n) is 43.4. The molecule has 3 heterocycles. The summed E-state index contributed by atoms with van der Waals surface area (Å²) in [7, 11) is 1.76. The molecule has 390 valence electrons. The van der Waals surface area contributed by atoms with Gasteiger partial charge in [0, 0.05) is 71.8 Å². The van der Waals surface area contributed by atoms with Gasteiger partial charge < -0.3 is 43.3 Å². The largest absolute Gasteiger partial charge is 0.460 e. The standard InChI is InChI=1S/C53H84NO14P/c1-32-18-14-13-15-19-33(2)44(63-8)30-40-23-21-38(7)53(61,67-40)50(58)51(59)54-25-17-16-20-41(54)52(60)66-45(35(4)28-39-22-24-43(46(29-39)64-9)68-69(11,12)62)31-42(55)34(3)27-37(6)48(57)49(65-10)47(56)36(5)26-32/h13-15,18-19,27,32,35-41,43-46,48-49,57,61H,16-17,20-26,28-31H2,1-12H3/t32-,35-,36-,37?,38-,39+,40?,41?,43-,44+,45+,46-,48-,49+,53?/m1/s1. The molecule has 15 nitrogen and oxygen atoms in total. The maximum atomic E-state index is 14.5. The van der Waals surface area contributed by atoms with Gasteiger partial charge in [-0.25, -0.2) is 4.79 Å². The number of amides is 1. The van der Waals surface area contributed by atoms with Crippen molar-refractivity contribution in [3.05, 3.63) is 47.6 Å². The van der Waals surface area contributed by atoms with Crippen LogP contribution in [0.3, 0.4) is 0 Å². The summed E-state index contributed by atoms with van der Waals surface area (Å²) >= 11 is 0. The number of hydrogen-bond donors (Lipinski definition) is 2. The van der Waals surface area contributed by atoms with Gasteiger partial charge in [-0.05, 0) is 107 Å². The van der Waals surface area contributed by atoms with Crippen molar-refractivity contribution >= 4 is 36.6 Å². The number of nitrogens with zero attached hydrogens (tertiary/aromatic N) is 1. The number of aliphatic hydroxyl groups excluding tert-OH is 1. The molecule has 3 fully saturated rings. The van der Waals surface area contributed by atoms with E-state index in [0.717, 1.165) is 12.0 Å². The third kappa shape index (κ3) is 16.2. The molecule has 2 N–H and O–H groups in total. The predicted octanol–water partition coefficient (Wildman–Crippen LogP) is 7.74. The molecule has 0 aromatic rings. The Morgan fingerprint density at radius 2 is 1.58 bits per heavy atom. The summed E-state index contributed by atoms with van der Waals surface area (Å²) in [5.74, 6) is -8.08. The lowest BCUT2D eigenvalue weighted by molar-refractivity contribution is -0.265. The lowest BCUT2D eigenvalue weighted by Gasteiger charge is -2.42. The molecule has 1 saturated carbocycles. The maximum absolute atomic E-state index is 14.5. The normalized spacial score (nSPS) is 36.6. The van der Waals surface area contributed by atoms with Crippen molar-refractivity contribution in [2.45, 2.75) is 180 Å². The summed E-state index contributed by atoms with van der Waals surface area (Å²) in [6, 6.07) is -1.16.